The van der Waals surface area contributed by atoms with Crippen LogP contribution in [-0.2, 0) is 23.9 Å². The van der Waals surface area contributed by atoms with Crippen molar-refractivity contribution in [3.63, 3.8) is 0 Å². The fraction of sp³-hybridized carbons (Fsp3) is 0.474. The monoisotopic (exact) mass is 392 g/mol. The molecule has 1 aliphatic rings. The van der Waals surface area contributed by atoms with Gasteiger partial charge in [0.2, 0.25) is 11.8 Å². The summed E-state index contributed by atoms with van der Waals surface area (Å²) in [6, 6.07) is 8.12. The van der Waals surface area contributed by atoms with Crippen molar-refractivity contribution in [2.45, 2.75) is 31.7 Å². The second kappa shape index (κ2) is 10.9. The molecule has 0 radical (unpaired) electrons. The highest BCUT2D eigenvalue weighted by Gasteiger charge is 2.34. The van der Waals surface area contributed by atoms with Gasteiger partial charge in [0.15, 0.2) is 0 Å². The van der Waals surface area contributed by atoms with Crippen LogP contribution in [0.15, 0.2) is 30.3 Å². The molecule has 9 heteroatoms. The van der Waals surface area contributed by atoms with E-state index < -0.39 is 23.9 Å². The van der Waals surface area contributed by atoms with Crippen LogP contribution in [-0.4, -0.2) is 66.1 Å². The summed E-state index contributed by atoms with van der Waals surface area (Å²) < 4.78 is 10.5. The number of amides is 2. The van der Waals surface area contributed by atoms with Gasteiger partial charge in [0.1, 0.15) is 25.0 Å². The van der Waals surface area contributed by atoms with Crippen molar-refractivity contribution in [2.75, 3.05) is 26.3 Å². The number of esters is 1. The Morgan fingerprint density at radius 1 is 1.14 bits per heavy atom. The zero-order valence-electron chi connectivity index (χ0n) is 15.5. The smallest absolute Gasteiger partial charge is 0.308 e. The fourth-order valence-electron chi connectivity index (χ4n) is 2.80. The quantitative estimate of drug-likeness (QED) is 0.441. The number of hydrogen-bond acceptors (Lipinski definition) is 6. The topological polar surface area (TPSA) is 122 Å². The highest BCUT2D eigenvalue weighted by molar-refractivity contribution is 5.92. The first-order valence-corrected chi connectivity index (χ1v) is 9.10. The molecule has 1 aliphatic heterocycles. The molecule has 1 aromatic carbocycles. The summed E-state index contributed by atoms with van der Waals surface area (Å²) in [5.41, 5.74) is 0. The Kier molecular flexibility index (Phi) is 8.26. The minimum Gasteiger partial charge on any atom is -0.490 e. The lowest BCUT2D eigenvalue weighted by molar-refractivity contribution is -0.152. The summed E-state index contributed by atoms with van der Waals surface area (Å²) >= 11 is 0. The van der Waals surface area contributed by atoms with Gasteiger partial charge in [-0.15, -0.1) is 0 Å². The summed E-state index contributed by atoms with van der Waals surface area (Å²) in [5.74, 6) is -1.70. The number of rotatable bonds is 10. The van der Waals surface area contributed by atoms with Crippen molar-refractivity contribution in [3.05, 3.63) is 30.3 Å². The van der Waals surface area contributed by atoms with E-state index in [-0.39, 0.29) is 51.3 Å². The summed E-state index contributed by atoms with van der Waals surface area (Å²) in [7, 11) is 0. The minimum atomic E-state index is -0.984. The molecule has 1 fully saturated rings. The zero-order valence-corrected chi connectivity index (χ0v) is 15.5. The number of hydrogen-bond donors (Lipinski definition) is 2. The third kappa shape index (κ3) is 6.90. The van der Waals surface area contributed by atoms with Gasteiger partial charge in [-0.3, -0.25) is 19.2 Å². The highest BCUT2D eigenvalue weighted by Crippen LogP contribution is 2.13. The molecule has 0 aromatic heterocycles. The second-order valence-electron chi connectivity index (χ2n) is 6.23. The number of carbonyl (C=O) groups is 4. The molecule has 0 aliphatic carbocycles. The second-order valence-corrected chi connectivity index (χ2v) is 6.23. The highest BCUT2D eigenvalue weighted by atomic mass is 16.6. The van der Waals surface area contributed by atoms with Crippen molar-refractivity contribution in [1.29, 1.82) is 0 Å². The molecule has 1 heterocycles. The molecule has 1 aromatic rings. The normalized spacial score (nSPS) is 16.2. The van der Waals surface area contributed by atoms with Gasteiger partial charge in [0, 0.05) is 25.9 Å². The van der Waals surface area contributed by atoms with Gasteiger partial charge < -0.3 is 24.8 Å². The van der Waals surface area contributed by atoms with Crippen LogP contribution in [0, 0.1) is 0 Å². The zero-order chi connectivity index (χ0) is 20.4. The number of para-hydroxylation sites is 1. The molecule has 0 spiro atoms. The van der Waals surface area contributed by atoms with Gasteiger partial charge in [-0.1, -0.05) is 18.2 Å². The Bertz CT molecular complexity index is 693. The molecule has 2 N–H and O–H groups in total. The maximum Gasteiger partial charge on any atom is 0.308 e. The van der Waals surface area contributed by atoms with E-state index in [0.29, 0.717) is 12.3 Å². The lowest BCUT2D eigenvalue weighted by Gasteiger charge is -2.34. The van der Waals surface area contributed by atoms with E-state index in [0.717, 1.165) is 0 Å². The first-order chi connectivity index (χ1) is 13.5. The Morgan fingerprint density at radius 2 is 1.89 bits per heavy atom. The van der Waals surface area contributed by atoms with E-state index in [9.17, 15) is 19.2 Å². The van der Waals surface area contributed by atoms with Crippen LogP contribution in [0.3, 0.4) is 0 Å². The summed E-state index contributed by atoms with van der Waals surface area (Å²) in [6.45, 7) is 0.756. The van der Waals surface area contributed by atoms with Crippen molar-refractivity contribution in [1.82, 2.24) is 10.2 Å². The first kappa shape index (κ1) is 21.2. The Hall–Kier alpha value is -3.10. The number of carboxylic acid groups (broad SMARTS) is 1. The lowest BCUT2D eigenvalue weighted by atomic mass is 10.1. The maximum atomic E-state index is 12.3. The van der Waals surface area contributed by atoms with Crippen LogP contribution in [0.4, 0.5) is 0 Å². The number of ether oxygens (including phenoxy) is 2. The number of piperazine rings is 1. The average Bonchev–Trinajstić information content (AvgIpc) is 2.67. The third-order valence-electron chi connectivity index (χ3n) is 4.15. The van der Waals surface area contributed by atoms with E-state index in [1.165, 1.54) is 4.90 Å². The van der Waals surface area contributed by atoms with E-state index >= 15 is 0 Å². The first-order valence-electron chi connectivity index (χ1n) is 9.10. The summed E-state index contributed by atoms with van der Waals surface area (Å²) in [5, 5.41) is 11.3. The molecule has 0 saturated carbocycles. The molecule has 1 atom stereocenters. The van der Waals surface area contributed by atoms with Crippen LogP contribution >= 0.6 is 0 Å². The molecular formula is C19H24N2O7. The van der Waals surface area contributed by atoms with Crippen LogP contribution < -0.4 is 10.1 Å². The molecule has 0 bridgehead atoms. The maximum absolute atomic E-state index is 12.3. The lowest BCUT2D eigenvalue weighted by Crippen LogP contribution is -2.57. The van der Waals surface area contributed by atoms with Crippen LogP contribution in [0.25, 0.3) is 0 Å². The van der Waals surface area contributed by atoms with Gasteiger partial charge in [0.05, 0.1) is 6.42 Å². The summed E-state index contributed by atoms with van der Waals surface area (Å²) in [4.78, 5) is 48.4. The number of benzene rings is 1. The Morgan fingerprint density at radius 3 is 2.61 bits per heavy atom. The molecule has 1 unspecified atom stereocenters. The largest absolute Gasteiger partial charge is 0.490 e. The molecule has 2 amide bonds. The van der Waals surface area contributed by atoms with Gasteiger partial charge >= 0.3 is 11.9 Å². The van der Waals surface area contributed by atoms with Gasteiger partial charge in [-0.05, 0) is 18.6 Å². The number of aliphatic carboxylic acids is 1. The number of nitrogens with zero attached hydrogens (tertiary/aromatic N) is 1. The average molecular weight is 392 g/mol. The molecule has 28 heavy (non-hydrogen) atoms. The van der Waals surface area contributed by atoms with E-state index in [2.05, 4.69) is 5.32 Å². The SMILES string of the molecule is O=C(O)CCCC(=O)N1CCNC(=O)C1CC(=O)OCCOc1ccccc1. The number of nitrogens with one attached hydrogen (secondary N) is 1. The number of carboxylic acids is 1. The van der Waals surface area contributed by atoms with Crippen LogP contribution in [0.1, 0.15) is 25.7 Å². The van der Waals surface area contributed by atoms with Crippen molar-refractivity contribution in [3.8, 4) is 5.75 Å². The molecule has 1 saturated heterocycles. The van der Waals surface area contributed by atoms with Crippen molar-refractivity contribution >= 4 is 23.8 Å². The Labute approximate surface area is 162 Å². The van der Waals surface area contributed by atoms with Gasteiger partial charge in [-0.2, -0.15) is 0 Å². The Balaban J connectivity index is 1.78. The third-order valence-corrected chi connectivity index (χ3v) is 4.15. The minimum absolute atomic E-state index is 0.00996. The standard InChI is InChI=1S/C19H24N2O7/c22-16(7-4-8-17(23)24)21-10-9-20-19(26)15(21)13-18(25)28-12-11-27-14-5-2-1-3-6-14/h1-3,5-6,15H,4,7-13H2,(H,20,26)(H,23,24). The van der Waals surface area contributed by atoms with Crippen LogP contribution in [0.5, 0.6) is 5.75 Å². The molecule has 9 nitrogen and oxygen atoms in total. The van der Waals surface area contributed by atoms with Crippen molar-refractivity contribution in [2.24, 2.45) is 0 Å². The van der Waals surface area contributed by atoms with E-state index in [4.69, 9.17) is 14.6 Å². The molecule has 2 rings (SSSR count). The molecular weight excluding hydrogens is 368 g/mol. The van der Waals surface area contributed by atoms with Crippen molar-refractivity contribution < 1.29 is 33.8 Å². The van der Waals surface area contributed by atoms with E-state index in [1.807, 2.05) is 18.2 Å². The molecule has 152 valence electrons. The van der Waals surface area contributed by atoms with Crippen LogP contribution in [0.2, 0.25) is 0 Å². The van der Waals surface area contributed by atoms with Gasteiger partial charge in [-0.25, -0.2) is 0 Å². The number of carbonyl (C=O) groups excluding carboxylic acids is 3. The predicted octanol–water partition coefficient (Wildman–Crippen LogP) is 0.581. The fourth-order valence-corrected chi connectivity index (χ4v) is 2.80. The van der Waals surface area contributed by atoms with Gasteiger partial charge in [0.25, 0.3) is 0 Å². The summed E-state index contributed by atoms with van der Waals surface area (Å²) in [6.07, 6.45) is -0.196. The predicted molar refractivity (Wildman–Crippen MR) is 97.5 cm³/mol. The van der Waals surface area contributed by atoms with E-state index in [1.54, 1.807) is 12.1 Å².